The number of hydrogen-bond acceptors (Lipinski definition) is 2. The molecule has 4 heteroatoms. The quantitative estimate of drug-likeness (QED) is 0.794. The number of amides is 1. The van der Waals surface area contributed by atoms with Crippen molar-refractivity contribution in [1.82, 2.24) is 0 Å². The van der Waals surface area contributed by atoms with Crippen LogP contribution in [0.2, 0.25) is 0 Å². The predicted molar refractivity (Wildman–Crippen MR) is 61.0 cm³/mol. The van der Waals surface area contributed by atoms with Crippen molar-refractivity contribution in [3.63, 3.8) is 0 Å². The Balaban J connectivity index is 2.73. The summed E-state index contributed by atoms with van der Waals surface area (Å²) in [6.45, 7) is 7.07. The lowest BCUT2D eigenvalue weighted by Gasteiger charge is -2.19. The minimum atomic E-state index is -0.656. The zero-order valence-corrected chi connectivity index (χ0v) is 9.93. The molecule has 1 rings (SSSR count). The number of rotatable bonds is 1. The molecule has 88 valence electrons. The molecular formula is C12H16FNO2. The van der Waals surface area contributed by atoms with Crippen molar-refractivity contribution in [3.8, 4) is 0 Å². The first-order valence-corrected chi connectivity index (χ1v) is 5.04. The first-order valence-electron chi connectivity index (χ1n) is 5.04. The number of hydrogen-bond donors (Lipinski definition) is 1. The van der Waals surface area contributed by atoms with E-state index in [1.54, 1.807) is 32.9 Å². The molecule has 0 aliphatic carbocycles. The van der Waals surface area contributed by atoms with Gasteiger partial charge in [0, 0.05) is 0 Å². The van der Waals surface area contributed by atoms with E-state index in [4.69, 9.17) is 4.74 Å². The number of anilines is 1. The molecule has 0 bridgehead atoms. The molecule has 0 aliphatic heterocycles. The van der Waals surface area contributed by atoms with E-state index in [-0.39, 0.29) is 5.69 Å². The standard InChI is InChI=1S/C12H16FNO2/c1-8-5-6-9(13)10(7-8)14-11(15)16-12(2,3)4/h5-7H,1-4H3,(H,14,15). The van der Waals surface area contributed by atoms with Crippen LogP contribution in [0.1, 0.15) is 26.3 Å². The van der Waals surface area contributed by atoms with Gasteiger partial charge in [-0.1, -0.05) is 6.07 Å². The Labute approximate surface area is 94.6 Å². The van der Waals surface area contributed by atoms with E-state index in [9.17, 15) is 9.18 Å². The first kappa shape index (κ1) is 12.5. The van der Waals surface area contributed by atoms with E-state index >= 15 is 0 Å². The largest absolute Gasteiger partial charge is 0.444 e. The summed E-state index contributed by atoms with van der Waals surface area (Å²) in [5.41, 5.74) is 0.409. The van der Waals surface area contributed by atoms with Gasteiger partial charge in [0.25, 0.3) is 0 Å². The lowest BCUT2D eigenvalue weighted by atomic mass is 10.2. The van der Waals surface area contributed by atoms with E-state index in [1.165, 1.54) is 6.07 Å². The summed E-state index contributed by atoms with van der Waals surface area (Å²) in [5.74, 6) is -0.476. The second kappa shape index (κ2) is 4.51. The number of halogens is 1. The van der Waals surface area contributed by atoms with Gasteiger partial charge in [0.2, 0.25) is 0 Å². The van der Waals surface area contributed by atoms with Gasteiger partial charge >= 0.3 is 6.09 Å². The van der Waals surface area contributed by atoms with Crippen molar-refractivity contribution >= 4 is 11.8 Å². The van der Waals surface area contributed by atoms with Crippen molar-refractivity contribution < 1.29 is 13.9 Å². The highest BCUT2D eigenvalue weighted by Gasteiger charge is 2.17. The minimum Gasteiger partial charge on any atom is -0.444 e. The molecule has 0 spiro atoms. The Morgan fingerprint density at radius 2 is 2.00 bits per heavy atom. The maximum atomic E-state index is 13.3. The molecule has 0 saturated heterocycles. The second-order valence-electron chi connectivity index (χ2n) is 4.61. The van der Waals surface area contributed by atoms with Crippen molar-refractivity contribution in [3.05, 3.63) is 29.6 Å². The molecule has 0 heterocycles. The van der Waals surface area contributed by atoms with E-state index in [1.807, 2.05) is 6.92 Å². The van der Waals surface area contributed by atoms with Crippen LogP contribution in [0.25, 0.3) is 0 Å². The van der Waals surface area contributed by atoms with Crippen LogP contribution in [0, 0.1) is 12.7 Å². The van der Waals surface area contributed by atoms with Crippen LogP contribution in [-0.2, 0) is 4.74 Å². The Morgan fingerprint density at radius 3 is 2.56 bits per heavy atom. The Kier molecular flexibility index (Phi) is 3.52. The van der Waals surface area contributed by atoms with Crippen molar-refractivity contribution in [1.29, 1.82) is 0 Å². The van der Waals surface area contributed by atoms with Crippen LogP contribution < -0.4 is 5.32 Å². The van der Waals surface area contributed by atoms with Gasteiger partial charge in [-0.25, -0.2) is 9.18 Å². The van der Waals surface area contributed by atoms with Gasteiger partial charge in [-0.05, 0) is 45.4 Å². The summed E-state index contributed by atoms with van der Waals surface area (Å²) >= 11 is 0. The molecule has 0 aromatic heterocycles. The number of ether oxygens (including phenoxy) is 1. The van der Waals surface area contributed by atoms with E-state index in [0.29, 0.717) is 0 Å². The maximum Gasteiger partial charge on any atom is 0.412 e. The Bertz CT molecular complexity index is 396. The summed E-state index contributed by atoms with van der Waals surface area (Å²) in [5, 5.41) is 2.37. The minimum absolute atomic E-state index is 0.134. The van der Waals surface area contributed by atoms with Crippen molar-refractivity contribution in [2.24, 2.45) is 0 Å². The van der Waals surface area contributed by atoms with Gasteiger partial charge in [0.05, 0.1) is 5.69 Å². The molecule has 3 nitrogen and oxygen atoms in total. The van der Waals surface area contributed by atoms with Gasteiger partial charge in [-0.15, -0.1) is 0 Å². The fourth-order valence-corrected chi connectivity index (χ4v) is 1.15. The van der Waals surface area contributed by atoms with Crippen LogP contribution in [0.3, 0.4) is 0 Å². The summed E-state index contributed by atoms with van der Waals surface area (Å²) in [4.78, 5) is 11.4. The molecular weight excluding hydrogens is 209 g/mol. The lowest BCUT2D eigenvalue weighted by Crippen LogP contribution is -2.27. The van der Waals surface area contributed by atoms with Gasteiger partial charge in [0.1, 0.15) is 11.4 Å². The molecule has 1 amide bonds. The summed E-state index contributed by atoms with van der Waals surface area (Å²) in [6.07, 6.45) is -0.656. The van der Waals surface area contributed by atoms with Crippen LogP contribution in [0.4, 0.5) is 14.9 Å². The lowest BCUT2D eigenvalue weighted by molar-refractivity contribution is 0.0635. The molecule has 1 aromatic carbocycles. The number of benzene rings is 1. The highest BCUT2D eigenvalue weighted by molar-refractivity contribution is 5.85. The Morgan fingerprint density at radius 1 is 1.38 bits per heavy atom. The molecule has 16 heavy (non-hydrogen) atoms. The van der Waals surface area contributed by atoms with Crippen LogP contribution in [0.5, 0.6) is 0 Å². The van der Waals surface area contributed by atoms with E-state index in [0.717, 1.165) is 5.56 Å². The molecule has 0 atom stereocenters. The first-order chi connectivity index (χ1) is 7.28. The third-order valence-electron chi connectivity index (χ3n) is 1.76. The monoisotopic (exact) mass is 225 g/mol. The summed E-state index contributed by atoms with van der Waals surface area (Å²) in [6, 6.07) is 4.50. The third-order valence-corrected chi connectivity index (χ3v) is 1.76. The van der Waals surface area contributed by atoms with Crippen molar-refractivity contribution in [2.45, 2.75) is 33.3 Å². The van der Waals surface area contributed by atoms with Gasteiger partial charge in [-0.2, -0.15) is 0 Å². The normalized spacial score (nSPS) is 11.1. The number of aryl methyl sites for hydroxylation is 1. The van der Waals surface area contributed by atoms with E-state index in [2.05, 4.69) is 5.32 Å². The Hall–Kier alpha value is -1.58. The number of carbonyl (C=O) groups excluding carboxylic acids is 1. The average molecular weight is 225 g/mol. The molecule has 0 unspecified atom stereocenters. The molecule has 1 N–H and O–H groups in total. The predicted octanol–water partition coefficient (Wildman–Crippen LogP) is 3.48. The topological polar surface area (TPSA) is 38.3 Å². The zero-order chi connectivity index (χ0) is 12.3. The number of carbonyl (C=O) groups is 1. The maximum absolute atomic E-state index is 13.3. The summed E-state index contributed by atoms with van der Waals surface area (Å²) < 4.78 is 18.3. The van der Waals surface area contributed by atoms with Gasteiger partial charge in [0.15, 0.2) is 0 Å². The average Bonchev–Trinajstić information content (AvgIpc) is 2.08. The second-order valence-corrected chi connectivity index (χ2v) is 4.61. The molecule has 0 saturated carbocycles. The van der Waals surface area contributed by atoms with Crippen molar-refractivity contribution in [2.75, 3.05) is 5.32 Å². The van der Waals surface area contributed by atoms with Crippen LogP contribution in [-0.4, -0.2) is 11.7 Å². The van der Waals surface area contributed by atoms with Gasteiger partial charge in [-0.3, -0.25) is 5.32 Å². The third kappa shape index (κ3) is 3.88. The van der Waals surface area contributed by atoms with Crippen LogP contribution in [0.15, 0.2) is 18.2 Å². The fourth-order valence-electron chi connectivity index (χ4n) is 1.15. The molecule has 1 aromatic rings. The smallest absolute Gasteiger partial charge is 0.412 e. The fraction of sp³-hybridized carbons (Fsp3) is 0.417. The zero-order valence-electron chi connectivity index (χ0n) is 9.93. The highest BCUT2D eigenvalue weighted by atomic mass is 19.1. The molecule has 0 aliphatic rings. The van der Waals surface area contributed by atoms with Gasteiger partial charge < -0.3 is 4.74 Å². The highest BCUT2D eigenvalue weighted by Crippen LogP contribution is 2.17. The SMILES string of the molecule is Cc1ccc(F)c(NC(=O)OC(C)(C)C)c1. The van der Waals surface area contributed by atoms with E-state index < -0.39 is 17.5 Å². The molecule has 0 radical (unpaired) electrons. The van der Waals surface area contributed by atoms with Crippen LogP contribution >= 0.6 is 0 Å². The summed E-state index contributed by atoms with van der Waals surface area (Å²) in [7, 11) is 0. The number of nitrogens with one attached hydrogen (secondary N) is 1. The molecule has 0 fully saturated rings.